The second-order valence-electron chi connectivity index (χ2n) is 7.56. The minimum Gasteiger partial charge on any atom is -0.337 e. The van der Waals surface area contributed by atoms with Crippen molar-refractivity contribution in [2.45, 2.75) is 39.2 Å². The van der Waals surface area contributed by atoms with Crippen molar-refractivity contribution in [1.29, 1.82) is 0 Å². The monoisotopic (exact) mass is 358 g/mol. The van der Waals surface area contributed by atoms with E-state index in [2.05, 4.69) is 36.0 Å². The second kappa shape index (κ2) is 7.62. The summed E-state index contributed by atoms with van der Waals surface area (Å²) in [5.41, 5.74) is 1.92. The number of nitrogens with zero attached hydrogens (tertiary/aromatic N) is 4. The zero-order valence-electron chi connectivity index (χ0n) is 15.2. The van der Waals surface area contributed by atoms with Crippen LogP contribution in [0.15, 0.2) is 29.9 Å². The molecule has 0 spiro atoms. The molecule has 3 rings (SSSR count). The van der Waals surface area contributed by atoms with Gasteiger partial charge in [-0.2, -0.15) is 0 Å². The molecule has 1 fully saturated rings. The lowest BCUT2D eigenvalue weighted by Crippen LogP contribution is -2.35. The summed E-state index contributed by atoms with van der Waals surface area (Å²) in [5.74, 6) is 0.0821. The highest BCUT2D eigenvalue weighted by Crippen LogP contribution is 2.26. The average Bonchev–Trinajstić information content (AvgIpc) is 2.94. The van der Waals surface area contributed by atoms with Crippen molar-refractivity contribution < 1.29 is 4.79 Å². The van der Waals surface area contributed by atoms with Crippen LogP contribution < -0.4 is 0 Å². The molecular formula is C19H26N4OS. The Hall–Kier alpha value is -1.79. The topological polar surface area (TPSA) is 49.3 Å². The summed E-state index contributed by atoms with van der Waals surface area (Å²) in [6.45, 7) is 10.9. The Morgan fingerprint density at radius 3 is 2.76 bits per heavy atom. The lowest BCUT2D eigenvalue weighted by molar-refractivity contribution is 0.0760. The molecule has 2 aromatic heterocycles. The van der Waals surface area contributed by atoms with Crippen molar-refractivity contribution in [1.82, 2.24) is 19.8 Å². The van der Waals surface area contributed by atoms with E-state index in [0.29, 0.717) is 5.56 Å². The van der Waals surface area contributed by atoms with E-state index < -0.39 is 0 Å². The van der Waals surface area contributed by atoms with E-state index in [4.69, 9.17) is 4.98 Å². The molecule has 0 radical (unpaired) electrons. The first-order valence-electron chi connectivity index (χ1n) is 8.80. The lowest BCUT2D eigenvalue weighted by atomic mass is 9.98. The summed E-state index contributed by atoms with van der Waals surface area (Å²) < 4.78 is 0. The van der Waals surface area contributed by atoms with Crippen LogP contribution in [0.3, 0.4) is 0 Å². The quantitative estimate of drug-likeness (QED) is 0.845. The highest BCUT2D eigenvalue weighted by atomic mass is 32.1. The van der Waals surface area contributed by atoms with E-state index >= 15 is 0 Å². The Balaban J connectivity index is 1.58. The van der Waals surface area contributed by atoms with Gasteiger partial charge in [0, 0.05) is 55.9 Å². The van der Waals surface area contributed by atoms with Gasteiger partial charge in [-0.05, 0) is 18.6 Å². The maximum atomic E-state index is 12.6. The van der Waals surface area contributed by atoms with Gasteiger partial charge in [-0.15, -0.1) is 11.3 Å². The molecule has 0 atom stereocenters. The van der Waals surface area contributed by atoms with Crippen LogP contribution in [0.1, 0.15) is 48.3 Å². The number of hydrogen-bond acceptors (Lipinski definition) is 5. The molecule has 1 saturated heterocycles. The van der Waals surface area contributed by atoms with Gasteiger partial charge < -0.3 is 4.90 Å². The van der Waals surface area contributed by atoms with Crippen LogP contribution in [-0.2, 0) is 12.0 Å². The van der Waals surface area contributed by atoms with E-state index in [1.165, 1.54) is 5.01 Å². The van der Waals surface area contributed by atoms with Crippen molar-refractivity contribution in [3.05, 3.63) is 46.2 Å². The molecule has 0 saturated carbocycles. The van der Waals surface area contributed by atoms with Gasteiger partial charge in [0.25, 0.3) is 5.91 Å². The molecular weight excluding hydrogens is 332 g/mol. The lowest BCUT2D eigenvalue weighted by Gasteiger charge is -2.21. The van der Waals surface area contributed by atoms with Gasteiger partial charge in [-0.25, -0.2) is 4.98 Å². The third-order valence-electron chi connectivity index (χ3n) is 4.36. The Morgan fingerprint density at radius 1 is 1.24 bits per heavy atom. The standard InChI is InChI=1S/C19H26N4OS/c1-19(2,3)18-21-16(14-25-18)13-22-8-5-9-23(11-10-22)17(24)15-6-4-7-20-12-15/h4,6-7,12,14H,5,8-11,13H2,1-3H3. The summed E-state index contributed by atoms with van der Waals surface area (Å²) in [7, 11) is 0. The Kier molecular flexibility index (Phi) is 5.49. The third-order valence-corrected chi connectivity index (χ3v) is 5.68. The third kappa shape index (κ3) is 4.64. The number of pyridine rings is 1. The fraction of sp³-hybridized carbons (Fsp3) is 0.526. The molecule has 1 aliphatic heterocycles. The van der Waals surface area contributed by atoms with E-state index in [0.717, 1.165) is 44.8 Å². The van der Waals surface area contributed by atoms with Crippen LogP contribution in [0.4, 0.5) is 0 Å². The SMILES string of the molecule is CC(C)(C)c1nc(CN2CCCN(C(=O)c3cccnc3)CC2)cs1. The Bertz CT molecular complexity index is 708. The minimum absolute atomic E-state index is 0.0821. The van der Waals surface area contributed by atoms with Crippen molar-refractivity contribution >= 4 is 17.2 Å². The highest BCUT2D eigenvalue weighted by molar-refractivity contribution is 7.09. The largest absolute Gasteiger partial charge is 0.337 e. The predicted octanol–water partition coefficient (Wildman–Crippen LogP) is 3.18. The van der Waals surface area contributed by atoms with Crippen LogP contribution in [-0.4, -0.2) is 51.9 Å². The molecule has 1 aliphatic rings. The summed E-state index contributed by atoms with van der Waals surface area (Å²) in [6, 6.07) is 3.65. The first-order valence-corrected chi connectivity index (χ1v) is 9.68. The smallest absolute Gasteiger partial charge is 0.255 e. The van der Waals surface area contributed by atoms with Crippen molar-refractivity contribution in [3.8, 4) is 0 Å². The van der Waals surface area contributed by atoms with E-state index in [1.807, 2.05) is 17.0 Å². The normalized spacial score (nSPS) is 16.7. The Morgan fingerprint density at radius 2 is 2.08 bits per heavy atom. The van der Waals surface area contributed by atoms with Crippen molar-refractivity contribution in [2.75, 3.05) is 26.2 Å². The number of hydrogen-bond donors (Lipinski definition) is 0. The van der Waals surface area contributed by atoms with Gasteiger partial charge in [0.2, 0.25) is 0 Å². The summed E-state index contributed by atoms with van der Waals surface area (Å²) in [6.07, 6.45) is 4.33. The number of carbonyl (C=O) groups excluding carboxylic acids is 1. The first kappa shape index (κ1) is 18.0. The summed E-state index contributed by atoms with van der Waals surface area (Å²) in [4.78, 5) is 25.8. The number of carbonyl (C=O) groups is 1. The van der Waals surface area contributed by atoms with Gasteiger partial charge in [-0.3, -0.25) is 14.7 Å². The van der Waals surface area contributed by atoms with Gasteiger partial charge in [-0.1, -0.05) is 20.8 Å². The van der Waals surface area contributed by atoms with Gasteiger partial charge in [0.05, 0.1) is 16.3 Å². The molecule has 0 bridgehead atoms. The fourth-order valence-electron chi connectivity index (χ4n) is 2.96. The van der Waals surface area contributed by atoms with Crippen LogP contribution in [0.25, 0.3) is 0 Å². The van der Waals surface area contributed by atoms with Crippen molar-refractivity contribution in [2.24, 2.45) is 0 Å². The molecule has 25 heavy (non-hydrogen) atoms. The number of thiazole rings is 1. The van der Waals surface area contributed by atoms with E-state index in [-0.39, 0.29) is 11.3 Å². The van der Waals surface area contributed by atoms with Crippen LogP contribution in [0.2, 0.25) is 0 Å². The predicted molar refractivity (Wildman–Crippen MR) is 101 cm³/mol. The zero-order chi connectivity index (χ0) is 17.9. The average molecular weight is 359 g/mol. The second-order valence-corrected chi connectivity index (χ2v) is 8.42. The maximum Gasteiger partial charge on any atom is 0.255 e. The molecule has 134 valence electrons. The van der Waals surface area contributed by atoms with E-state index in [1.54, 1.807) is 23.7 Å². The fourth-order valence-corrected chi connectivity index (χ4v) is 3.86. The maximum absolute atomic E-state index is 12.6. The molecule has 3 heterocycles. The Labute approximate surface area is 153 Å². The first-order chi connectivity index (χ1) is 11.9. The highest BCUT2D eigenvalue weighted by Gasteiger charge is 2.22. The molecule has 2 aromatic rings. The van der Waals surface area contributed by atoms with Gasteiger partial charge >= 0.3 is 0 Å². The molecule has 5 nitrogen and oxygen atoms in total. The molecule has 0 unspecified atom stereocenters. The number of aromatic nitrogens is 2. The summed E-state index contributed by atoms with van der Waals surface area (Å²) in [5, 5.41) is 3.36. The zero-order valence-corrected chi connectivity index (χ0v) is 16.1. The van der Waals surface area contributed by atoms with Crippen LogP contribution in [0, 0.1) is 0 Å². The van der Waals surface area contributed by atoms with Crippen LogP contribution >= 0.6 is 11.3 Å². The van der Waals surface area contributed by atoms with Gasteiger partial charge in [0.1, 0.15) is 0 Å². The van der Waals surface area contributed by atoms with Crippen LogP contribution in [0.5, 0.6) is 0 Å². The summed E-state index contributed by atoms with van der Waals surface area (Å²) >= 11 is 1.74. The molecule has 0 N–H and O–H groups in total. The number of amides is 1. The molecule has 0 aromatic carbocycles. The van der Waals surface area contributed by atoms with Gasteiger partial charge in [0.15, 0.2) is 0 Å². The molecule has 0 aliphatic carbocycles. The van der Waals surface area contributed by atoms with E-state index in [9.17, 15) is 4.79 Å². The molecule has 6 heteroatoms. The minimum atomic E-state index is 0.0821. The van der Waals surface area contributed by atoms with Crippen molar-refractivity contribution in [3.63, 3.8) is 0 Å². The molecule has 1 amide bonds. The number of rotatable bonds is 3.